The normalized spacial score (nSPS) is 17.1. The number of benzene rings is 2. The number of aliphatic hydroxyl groups excluding tert-OH is 1. The van der Waals surface area contributed by atoms with Crippen molar-refractivity contribution in [2.24, 2.45) is 5.41 Å². The van der Waals surface area contributed by atoms with E-state index in [9.17, 15) is 29.1 Å². The Morgan fingerprint density at radius 3 is 2.12 bits per heavy atom. The van der Waals surface area contributed by atoms with E-state index in [1.165, 1.54) is 9.80 Å². The monoisotopic (exact) mass is 817 g/mol. The van der Waals surface area contributed by atoms with Gasteiger partial charge >= 0.3 is 0 Å². The lowest BCUT2D eigenvalue weighted by Crippen LogP contribution is -2.57. The van der Waals surface area contributed by atoms with Gasteiger partial charge in [-0.05, 0) is 48.4 Å². The molecule has 2 aromatic carbocycles. The highest BCUT2D eigenvalue weighted by Crippen LogP contribution is 2.29. The molecule has 3 N–H and O–H groups in total. The molecule has 5 rings (SSSR count). The first-order chi connectivity index (χ1) is 27.8. The maximum absolute atomic E-state index is 13.9. The number of nitrogens with zero attached hydrogens (tertiary/aromatic N) is 3. The number of β-amino-alcohol motifs (C(OH)–C–C–N with tert-alkyl or cyclic N) is 1. The van der Waals surface area contributed by atoms with Gasteiger partial charge in [0.25, 0.3) is 11.8 Å². The van der Waals surface area contributed by atoms with Gasteiger partial charge in [-0.2, -0.15) is 0 Å². The standard InChI is InChI=1S/C44H59N5O8S/c1-30-38(58-29-46-30)32-19-17-31(18-20-32)27-45-40(52)36-26-33(50)28-49(36)43(55)39(44(2,3)4)47-37(51)16-10-8-6-5-7-9-13-22-56-24-25-57-23-21-48-41(53)34-14-11-12-15-35(34)42(48)54/h11-12,14-15,17-20,29,33,36,39,50H,5-10,13,16,21-28H2,1-4H3,(H,45,52)(H,47,51)/t33-,36+,39?/m1/s1. The van der Waals surface area contributed by atoms with Gasteiger partial charge in [-0.25, -0.2) is 4.98 Å². The highest BCUT2D eigenvalue weighted by atomic mass is 32.1. The van der Waals surface area contributed by atoms with Crippen LogP contribution in [-0.4, -0.2) is 107 Å². The second kappa shape index (κ2) is 21.5. The van der Waals surface area contributed by atoms with Crippen molar-refractivity contribution in [1.82, 2.24) is 25.4 Å². The van der Waals surface area contributed by atoms with E-state index in [1.54, 1.807) is 35.6 Å². The Hall–Kier alpha value is -4.50. The van der Waals surface area contributed by atoms with E-state index in [0.29, 0.717) is 43.8 Å². The summed E-state index contributed by atoms with van der Waals surface area (Å²) >= 11 is 1.58. The number of nitrogens with one attached hydrogen (secondary N) is 2. The third-order valence-corrected chi connectivity index (χ3v) is 11.6. The number of amides is 5. The molecule has 0 radical (unpaired) electrons. The average Bonchev–Trinajstić information content (AvgIpc) is 3.89. The number of carbonyl (C=O) groups is 5. The quantitative estimate of drug-likeness (QED) is 0.0855. The topological polar surface area (TPSA) is 167 Å². The van der Waals surface area contributed by atoms with Crippen LogP contribution in [0.5, 0.6) is 0 Å². The molecule has 1 aromatic heterocycles. The second-order valence-electron chi connectivity index (χ2n) is 16.2. The van der Waals surface area contributed by atoms with Crippen LogP contribution in [-0.2, 0) is 30.4 Å². The Morgan fingerprint density at radius 2 is 1.50 bits per heavy atom. The van der Waals surface area contributed by atoms with Crippen LogP contribution in [0.1, 0.15) is 111 Å². The van der Waals surface area contributed by atoms with Crippen molar-refractivity contribution in [2.45, 2.75) is 110 Å². The SMILES string of the molecule is Cc1ncsc1-c1ccc(CNC(=O)[C@@H]2C[C@@H](O)CN2C(=O)C(NC(=O)CCCCCCCCCOCCOCCN2C(=O)c3ccccc3C2=O)C(C)(C)C)cc1. The van der Waals surface area contributed by atoms with Gasteiger partial charge in [-0.1, -0.05) is 89.3 Å². The first-order valence-corrected chi connectivity index (χ1v) is 21.4. The maximum atomic E-state index is 13.9. The lowest BCUT2D eigenvalue weighted by Gasteiger charge is -2.35. The van der Waals surface area contributed by atoms with E-state index in [0.717, 1.165) is 60.2 Å². The van der Waals surface area contributed by atoms with Gasteiger partial charge < -0.3 is 30.1 Å². The van der Waals surface area contributed by atoms with E-state index in [4.69, 9.17) is 9.47 Å². The van der Waals surface area contributed by atoms with E-state index in [-0.39, 0.29) is 62.2 Å². The Labute approximate surface area is 345 Å². The van der Waals surface area contributed by atoms with Crippen molar-refractivity contribution in [3.63, 3.8) is 0 Å². The zero-order valence-electron chi connectivity index (χ0n) is 34.3. The summed E-state index contributed by atoms with van der Waals surface area (Å²) in [6, 6.07) is 13.1. The third-order valence-electron chi connectivity index (χ3n) is 10.6. The number of fused-ring (bicyclic) bond motifs is 1. The predicted octanol–water partition coefficient (Wildman–Crippen LogP) is 5.68. The Balaban J connectivity index is 0.914. The molecule has 1 fully saturated rings. The molecule has 1 unspecified atom stereocenters. The number of rotatable bonds is 22. The molecule has 13 nitrogen and oxygen atoms in total. The van der Waals surface area contributed by atoms with Crippen LogP contribution >= 0.6 is 11.3 Å². The summed E-state index contributed by atoms with van der Waals surface area (Å²) in [4.78, 5) is 73.2. The summed E-state index contributed by atoms with van der Waals surface area (Å²) in [7, 11) is 0. The number of hydrogen-bond donors (Lipinski definition) is 3. The molecule has 0 bridgehead atoms. The Morgan fingerprint density at radius 1 is 0.879 bits per heavy atom. The van der Waals surface area contributed by atoms with Gasteiger partial charge in [0, 0.05) is 32.5 Å². The molecule has 3 aromatic rings. The lowest BCUT2D eigenvalue weighted by molar-refractivity contribution is -0.144. The minimum absolute atomic E-state index is 0.0339. The number of thiazole rings is 1. The zero-order chi connectivity index (χ0) is 41.7. The van der Waals surface area contributed by atoms with Gasteiger partial charge in [0.05, 0.1) is 59.7 Å². The van der Waals surface area contributed by atoms with Gasteiger partial charge in [-0.15, -0.1) is 11.3 Å². The molecule has 3 atom stereocenters. The minimum Gasteiger partial charge on any atom is -0.391 e. The van der Waals surface area contributed by atoms with Crippen molar-refractivity contribution in [1.29, 1.82) is 0 Å². The van der Waals surface area contributed by atoms with Crippen LogP contribution in [0.3, 0.4) is 0 Å². The van der Waals surface area contributed by atoms with Crippen molar-refractivity contribution in [3.05, 3.63) is 76.4 Å². The van der Waals surface area contributed by atoms with Crippen molar-refractivity contribution < 1.29 is 38.6 Å². The smallest absolute Gasteiger partial charge is 0.261 e. The van der Waals surface area contributed by atoms with Crippen LogP contribution in [0.15, 0.2) is 54.0 Å². The van der Waals surface area contributed by atoms with E-state index in [2.05, 4.69) is 15.6 Å². The number of imide groups is 1. The van der Waals surface area contributed by atoms with Crippen LogP contribution < -0.4 is 10.6 Å². The highest BCUT2D eigenvalue weighted by Gasteiger charge is 2.44. The van der Waals surface area contributed by atoms with E-state index < -0.39 is 23.6 Å². The summed E-state index contributed by atoms with van der Waals surface area (Å²) < 4.78 is 11.2. The number of carbonyl (C=O) groups excluding carboxylic acids is 5. The summed E-state index contributed by atoms with van der Waals surface area (Å²) in [5.41, 5.74) is 5.04. The summed E-state index contributed by atoms with van der Waals surface area (Å²) in [5.74, 6) is -1.45. The van der Waals surface area contributed by atoms with Crippen molar-refractivity contribution >= 4 is 40.9 Å². The van der Waals surface area contributed by atoms with Crippen LogP contribution in [0.4, 0.5) is 0 Å². The largest absolute Gasteiger partial charge is 0.391 e. The molecule has 5 amide bonds. The fraction of sp³-hybridized carbons (Fsp3) is 0.545. The van der Waals surface area contributed by atoms with Crippen LogP contribution in [0.25, 0.3) is 10.4 Å². The van der Waals surface area contributed by atoms with Crippen molar-refractivity contribution in [2.75, 3.05) is 39.5 Å². The van der Waals surface area contributed by atoms with Gasteiger partial charge in [0.2, 0.25) is 17.7 Å². The number of ether oxygens (including phenoxy) is 2. The molecule has 3 heterocycles. The first-order valence-electron chi connectivity index (χ1n) is 20.5. The molecule has 2 aliphatic rings. The molecule has 0 spiro atoms. The first kappa shape index (κ1) is 44.6. The van der Waals surface area contributed by atoms with E-state index >= 15 is 0 Å². The molecule has 1 saturated heterocycles. The molecule has 14 heteroatoms. The molecule has 2 aliphatic heterocycles. The zero-order valence-corrected chi connectivity index (χ0v) is 35.1. The van der Waals surface area contributed by atoms with Crippen LogP contribution in [0, 0.1) is 12.3 Å². The average molecular weight is 818 g/mol. The van der Waals surface area contributed by atoms with Crippen molar-refractivity contribution in [3.8, 4) is 10.4 Å². The molecule has 314 valence electrons. The van der Waals surface area contributed by atoms with Gasteiger partial charge in [0.15, 0.2) is 0 Å². The molecule has 0 aliphatic carbocycles. The summed E-state index contributed by atoms with van der Waals surface area (Å²) in [6.07, 6.45) is 6.36. The lowest BCUT2D eigenvalue weighted by atomic mass is 9.85. The summed E-state index contributed by atoms with van der Waals surface area (Å²) in [5, 5.41) is 16.4. The van der Waals surface area contributed by atoms with Gasteiger partial charge in [-0.3, -0.25) is 28.9 Å². The predicted molar refractivity (Wildman–Crippen MR) is 222 cm³/mol. The molecule has 58 heavy (non-hydrogen) atoms. The summed E-state index contributed by atoms with van der Waals surface area (Å²) in [6.45, 7) is 9.92. The van der Waals surface area contributed by atoms with Crippen LogP contribution in [0.2, 0.25) is 0 Å². The fourth-order valence-electron chi connectivity index (χ4n) is 7.31. The highest BCUT2D eigenvalue weighted by molar-refractivity contribution is 7.13. The number of aliphatic hydroxyl groups is 1. The molecular weight excluding hydrogens is 759 g/mol. The number of aryl methyl sites for hydroxylation is 1. The number of unbranched alkanes of at least 4 members (excludes halogenated alkanes) is 6. The Bertz CT molecular complexity index is 1820. The second-order valence-corrected chi connectivity index (χ2v) is 17.1. The number of likely N-dealkylation sites (tertiary alicyclic amines) is 1. The van der Waals surface area contributed by atoms with Gasteiger partial charge in [0.1, 0.15) is 12.1 Å². The maximum Gasteiger partial charge on any atom is 0.261 e. The number of aromatic nitrogens is 1. The van der Waals surface area contributed by atoms with E-state index in [1.807, 2.05) is 57.5 Å². The third kappa shape index (κ3) is 12.3. The Kier molecular flexibility index (Phi) is 16.5. The molecular formula is C44H59N5O8S. The molecule has 0 saturated carbocycles. The fourth-order valence-corrected chi connectivity index (χ4v) is 8.12. The number of hydrogen-bond acceptors (Lipinski definition) is 10. The minimum atomic E-state index is -0.845.